The molecule has 4 nitrogen and oxygen atoms in total. The first-order valence-corrected chi connectivity index (χ1v) is 8.70. The quantitative estimate of drug-likeness (QED) is 0.930. The number of ether oxygens (including phenoxy) is 1. The van der Waals surface area contributed by atoms with Crippen LogP contribution in [0.15, 0.2) is 24.4 Å². The summed E-state index contributed by atoms with van der Waals surface area (Å²) >= 11 is 0. The summed E-state index contributed by atoms with van der Waals surface area (Å²) in [6.45, 7) is 7.86. The van der Waals surface area contributed by atoms with Gasteiger partial charge in [0.1, 0.15) is 5.82 Å². The van der Waals surface area contributed by atoms with Crippen molar-refractivity contribution in [3.8, 4) is 0 Å². The van der Waals surface area contributed by atoms with E-state index in [2.05, 4.69) is 41.2 Å². The second kappa shape index (κ2) is 5.50. The molecule has 2 aliphatic heterocycles. The smallest absolute Gasteiger partial charge is 0.128 e. The number of nitrogens with one attached hydrogen (secondary N) is 1. The Kier molecular flexibility index (Phi) is 3.61. The lowest BCUT2D eigenvalue weighted by molar-refractivity contribution is -0.115. The zero-order valence-electron chi connectivity index (χ0n) is 13.7. The summed E-state index contributed by atoms with van der Waals surface area (Å²) in [6, 6.07) is 7.36. The van der Waals surface area contributed by atoms with Crippen molar-refractivity contribution in [1.29, 1.82) is 0 Å². The number of nitrogens with zero attached hydrogens (tertiary/aromatic N) is 2. The number of hydrogen-bond acceptors (Lipinski definition) is 4. The lowest BCUT2D eigenvalue weighted by Crippen LogP contribution is -2.68. The third-order valence-corrected chi connectivity index (χ3v) is 5.91. The molecule has 0 spiro atoms. The first-order valence-electron chi connectivity index (χ1n) is 8.70. The van der Waals surface area contributed by atoms with Crippen LogP contribution in [0.5, 0.6) is 0 Å². The molecule has 1 N–H and O–H groups in total. The third kappa shape index (κ3) is 2.33. The third-order valence-electron chi connectivity index (χ3n) is 5.91. The summed E-state index contributed by atoms with van der Waals surface area (Å²) in [7, 11) is 0. The van der Waals surface area contributed by atoms with Gasteiger partial charge >= 0.3 is 0 Å². The fourth-order valence-corrected chi connectivity index (χ4v) is 4.78. The highest BCUT2D eigenvalue weighted by atomic mass is 16.5. The molecular formula is C18H27N3O. The molecule has 3 aliphatic rings. The van der Waals surface area contributed by atoms with Crippen LogP contribution in [-0.2, 0) is 4.74 Å². The predicted molar refractivity (Wildman–Crippen MR) is 88.0 cm³/mol. The average Bonchev–Trinajstić information content (AvgIpc) is 3.01. The monoisotopic (exact) mass is 301 g/mol. The van der Waals surface area contributed by atoms with Crippen molar-refractivity contribution in [1.82, 2.24) is 10.3 Å². The summed E-state index contributed by atoms with van der Waals surface area (Å²) in [4.78, 5) is 6.94. The Morgan fingerprint density at radius 1 is 1.32 bits per heavy atom. The molecule has 4 atom stereocenters. The standard InChI is InChI=1S/C18H27N3O/c1-18(2)16(14-8-11-22-17(14)18)20-13-6-5-10-21(12-13)15-7-3-4-9-19-15/h3-4,7,9,13-14,16-17,20H,5-6,8,10-12H2,1-2H3/t13-,14-,16-,17-/m1/s1. The SMILES string of the molecule is CC1(C)[C@H](N[C@@H]2CCCN(c3ccccn3)C2)[C@H]2CCO[C@H]21. The molecule has 22 heavy (non-hydrogen) atoms. The molecule has 0 amide bonds. The van der Waals surface area contributed by atoms with E-state index in [1.54, 1.807) is 0 Å². The van der Waals surface area contributed by atoms with Gasteiger partial charge < -0.3 is 15.0 Å². The van der Waals surface area contributed by atoms with Crippen LogP contribution in [0.25, 0.3) is 0 Å². The Hall–Kier alpha value is -1.13. The molecule has 0 bridgehead atoms. The fraction of sp³-hybridized carbons (Fsp3) is 0.722. The van der Waals surface area contributed by atoms with E-state index < -0.39 is 0 Å². The van der Waals surface area contributed by atoms with E-state index in [0.29, 0.717) is 18.2 Å². The van der Waals surface area contributed by atoms with Gasteiger partial charge in [-0.15, -0.1) is 0 Å². The largest absolute Gasteiger partial charge is 0.377 e. The van der Waals surface area contributed by atoms with Crippen molar-refractivity contribution in [3.63, 3.8) is 0 Å². The zero-order valence-corrected chi connectivity index (χ0v) is 13.7. The highest BCUT2D eigenvalue weighted by Gasteiger charge is 2.59. The number of anilines is 1. The number of fused-ring (bicyclic) bond motifs is 1. The van der Waals surface area contributed by atoms with Crippen LogP contribution in [0.2, 0.25) is 0 Å². The van der Waals surface area contributed by atoms with Crippen molar-refractivity contribution < 1.29 is 4.74 Å². The number of aromatic nitrogens is 1. The van der Waals surface area contributed by atoms with Crippen molar-refractivity contribution in [2.75, 3.05) is 24.6 Å². The van der Waals surface area contributed by atoms with Crippen LogP contribution < -0.4 is 10.2 Å². The highest BCUT2D eigenvalue weighted by molar-refractivity contribution is 5.38. The van der Waals surface area contributed by atoms with Gasteiger partial charge in [0.25, 0.3) is 0 Å². The fourth-order valence-electron chi connectivity index (χ4n) is 4.78. The topological polar surface area (TPSA) is 37.4 Å². The number of piperidine rings is 1. The van der Waals surface area contributed by atoms with E-state index in [1.165, 1.54) is 19.3 Å². The van der Waals surface area contributed by atoms with Crippen LogP contribution in [0.4, 0.5) is 5.82 Å². The molecule has 0 aromatic carbocycles. The summed E-state index contributed by atoms with van der Waals surface area (Å²) in [6.07, 6.45) is 6.10. The van der Waals surface area contributed by atoms with Gasteiger partial charge in [0.15, 0.2) is 0 Å². The van der Waals surface area contributed by atoms with E-state index in [4.69, 9.17) is 4.74 Å². The molecule has 0 radical (unpaired) electrons. The number of rotatable bonds is 3. The predicted octanol–water partition coefficient (Wildman–Crippen LogP) is 2.45. The minimum atomic E-state index is 0.272. The van der Waals surface area contributed by atoms with Crippen LogP contribution in [0.3, 0.4) is 0 Å². The molecule has 1 aromatic heterocycles. The van der Waals surface area contributed by atoms with E-state index in [1.807, 2.05) is 12.3 Å². The van der Waals surface area contributed by atoms with Crippen LogP contribution in [0, 0.1) is 11.3 Å². The molecule has 4 rings (SSSR count). The van der Waals surface area contributed by atoms with E-state index >= 15 is 0 Å². The molecule has 1 saturated carbocycles. The summed E-state index contributed by atoms with van der Waals surface area (Å²) < 4.78 is 5.92. The second-order valence-electron chi connectivity index (χ2n) is 7.68. The lowest BCUT2D eigenvalue weighted by atomic mass is 9.57. The molecule has 0 unspecified atom stereocenters. The van der Waals surface area contributed by atoms with Crippen LogP contribution >= 0.6 is 0 Å². The molecule has 4 heteroatoms. The summed E-state index contributed by atoms with van der Waals surface area (Å²) in [5, 5.41) is 3.97. The van der Waals surface area contributed by atoms with Gasteiger partial charge in [0.2, 0.25) is 0 Å². The lowest BCUT2D eigenvalue weighted by Gasteiger charge is -2.56. The van der Waals surface area contributed by atoms with Crippen molar-refractivity contribution in [3.05, 3.63) is 24.4 Å². The normalized spacial score (nSPS) is 36.7. The maximum Gasteiger partial charge on any atom is 0.128 e. The molecule has 1 aromatic rings. The summed E-state index contributed by atoms with van der Waals surface area (Å²) in [5.74, 6) is 1.84. The minimum absolute atomic E-state index is 0.272. The first kappa shape index (κ1) is 14.5. The number of hydrogen-bond donors (Lipinski definition) is 1. The maximum absolute atomic E-state index is 5.92. The maximum atomic E-state index is 5.92. The van der Waals surface area contributed by atoms with Crippen molar-refractivity contribution in [2.45, 2.75) is 51.3 Å². The van der Waals surface area contributed by atoms with Gasteiger partial charge in [-0.25, -0.2) is 4.98 Å². The minimum Gasteiger partial charge on any atom is -0.377 e. The highest BCUT2D eigenvalue weighted by Crippen LogP contribution is 2.52. The zero-order chi connectivity index (χ0) is 15.2. The molecule has 2 saturated heterocycles. The van der Waals surface area contributed by atoms with Crippen LogP contribution in [-0.4, -0.2) is 42.9 Å². The van der Waals surface area contributed by atoms with E-state index in [9.17, 15) is 0 Å². The Labute approximate surface area is 133 Å². The molecule has 3 fully saturated rings. The van der Waals surface area contributed by atoms with E-state index in [0.717, 1.165) is 31.4 Å². The number of pyridine rings is 1. The van der Waals surface area contributed by atoms with E-state index in [-0.39, 0.29) is 5.41 Å². The molecule has 3 heterocycles. The van der Waals surface area contributed by atoms with Crippen molar-refractivity contribution >= 4 is 5.82 Å². The Morgan fingerprint density at radius 3 is 3.05 bits per heavy atom. The first-order chi connectivity index (χ1) is 10.7. The average molecular weight is 301 g/mol. The Bertz CT molecular complexity index is 518. The van der Waals surface area contributed by atoms with Gasteiger partial charge in [-0.1, -0.05) is 19.9 Å². The molecular weight excluding hydrogens is 274 g/mol. The van der Waals surface area contributed by atoms with Gasteiger partial charge in [-0.05, 0) is 31.4 Å². The Balaban J connectivity index is 1.41. The van der Waals surface area contributed by atoms with Gasteiger partial charge in [0.05, 0.1) is 6.10 Å². The van der Waals surface area contributed by atoms with Gasteiger partial charge in [-0.2, -0.15) is 0 Å². The molecule has 1 aliphatic carbocycles. The van der Waals surface area contributed by atoms with Gasteiger partial charge in [0, 0.05) is 49.3 Å². The van der Waals surface area contributed by atoms with Crippen LogP contribution in [0.1, 0.15) is 33.1 Å². The van der Waals surface area contributed by atoms with Crippen molar-refractivity contribution in [2.24, 2.45) is 11.3 Å². The van der Waals surface area contributed by atoms with Gasteiger partial charge in [-0.3, -0.25) is 0 Å². The molecule has 120 valence electrons. The Morgan fingerprint density at radius 2 is 2.23 bits per heavy atom. The second-order valence-corrected chi connectivity index (χ2v) is 7.68. The summed E-state index contributed by atoms with van der Waals surface area (Å²) in [5.41, 5.74) is 0.272.